The number of carbonyl (C=O) groups is 3. The molecule has 1 aromatic heterocycles. The van der Waals surface area contributed by atoms with Crippen LogP contribution in [0.2, 0.25) is 0 Å². The van der Waals surface area contributed by atoms with Crippen LogP contribution in [0.1, 0.15) is 5.82 Å². The Morgan fingerprint density at radius 3 is 2.60 bits per heavy atom. The van der Waals surface area contributed by atoms with Crippen molar-refractivity contribution in [3.63, 3.8) is 0 Å². The first-order valence-electron chi connectivity index (χ1n) is 5.82. The molecule has 0 aromatic carbocycles. The van der Waals surface area contributed by atoms with Gasteiger partial charge in [-0.2, -0.15) is 0 Å². The van der Waals surface area contributed by atoms with Crippen LogP contribution < -0.4 is 16.0 Å². The van der Waals surface area contributed by atoms with Gasteiger partial charge in [0.15, 0.2) is 0 Å². The summed E-state index contributed by atoms with van der Waals surface area (Å²) in [7, 11) is 1.79. The highest BCUT2D eigenvalue weighted by molar-refractivity contribution is 5.86. The number of amides is 3. The summed E-state index contributed by atoms with van der Waals surface area (Å²) in [6, 6.07) is -0.516. The molecule has 4 N–H and O–H groups in total. The second-order valence-corrected chi connectivity index (χ2v) is 3.89. The molecule has 0 bridgehead atoms. The molecule has 0 saturated carbocycles. The molecule has 110 valence electrons. The molecular weight excluding hydrogens is 268 g/mol. The summed E-state index contributed by atoms with van der Waals surface area (Å²) in [5.74, 6) is -0.994. The Bertz CT molecular complexity index is 486. The number of nitrogens with zero attached hydrogens (tertiary/aromatic N) is 3. The average Bonchev–Trinajstić information content (AvgIpc) is 2.79. The van der Waals surface area contributed by atoms with Gasteiger partial charge in [0.1, 0.15) is 18.7 Å². The van der Waals surface area contributed by atoms with Crippen molar-refractivity contribution in [1.82, 2.24) is 30.7 Å². The lowest BCUT2D eigenvalue weighted by atomic mass is 10.4. The van der Waals surface area contributed by atoms with E-state index in [1.54, 1.807) is 17.9 Å². The number of carboxylic acid groups (broad SMARTS) is 1. The summed E-state index contributed by atoms with van der Waals surface area (Å²) in [4.78, 5) is 32.7. The molecule has 10 heteroatoms. The molecule has 20 heavy (non-hydrogen) atoms. The Balaban J connectivity index is 2.13. The minimum absolute atomic E-state index is 0.289. The van der Waals surface area contributed by atoms with Crippen molar-refractivity contribution in [1.29, 1.82) is 0 Å². The van der Waals surface area contributed by atoms with Gasteiger partial charge in [0.25, 0.3) is 0 Å². The van der Waals surface area contributed by atoms with Crippen LogP contribution in [-0.4, -0.2) is 57.4 Å². The number of carboxylic acids is 1. The number of rotatable bonds is 7. The van der Waals surface area contributed by atoms with Gasteiger partial charge in [-0.25, -0.2) is 4.79 Å². The zero-order chi connectivity index (χ0) is 15.0. The average molecular weight is 284 g/mol. The van der Waals surface area contributed by atoms with Crippen molar-refractivity contribution in [3.8, 4) is 0 Å². The summed E-state index contributed by atoms with van der Waals surface area (Å²) in [6.45, 7) is -0.424. The molecule has 10 nitrogen and oxygen atoms in total. The molecule has 0 saturated heterocycles. The summed E-state index contributed by atoms with van der Waals surface area (Å²) < 4.78 is 1.74. The Kier molecular flexibility index (Phi) is 5.94. The van der Waals surface area contributed by atoms with Crippen molar-refractivity contribution >= 4 is 17.9 Å². The zero-order valence-electron chi connectivity index (χ0n) is 10.9. The second-order valence-electron chi connectivity index (χ2n) is 3.89. The molecule has 1 heterocycles. The number of aryl methyl sites for hydroxylation is 1. The van der Waals surface area contributed by atoms with Gasteiger partial charge in [-0.3, -0.25) is 9.59 Å². The van der Waals surface area contributed by atoms with Crippen LogP contribution in [-0.2, 0) is 23.1 Å². The molecule has 1 rings (SSSR count). The number of hydrogen-bond donors (Lipinski definition) is 4. The minimum atomic E-state index is -1.15. The molecule has 0 aliphatic carbocycles. The minimum Gasteiger partial charge on any atom is -0.480 e. The Morgan fingerprint density at radius 2 is 2.00 bits per heavy atom. The van der Waals surface area contributed by atoms with E-state index in [1.807, 2.05) is 0 Å². The van der Waals surface area contributed by atoms with Gasteiger partial charge in [-0.05, 0) is 0 Å². The predicted molar refractivity (Wildman–Crippen MR) is 66.8 cm³/mol. The summed E-state index contributed by atoms with van der Waals surface area (Å²) in [5, 5.41) is 22.9. The van der Waals surface area contributed by atoms with Crippen molar-refractivity contribution in [2.45, 2.75) is 6.42 Å². The van der Waals surface area contributed by atoms with Crippen molar-refractivity contribution in [3.05, 3.63) is 12.2 Å². The smallest absolute Gasteiger partial charge is 0.322 e. The third kappa shape index (κ3) is 5.80. The predicted octanol–water partition coefficient (Wildman–Crippen LogP) is -2.14. The highest BCUT2D eigenvalue weighted by Crippen LogP contribution is 1.90. The largest absolute Gasteiger partial charge is 0.480 e. The van der Waals surface area contributed by atoms with E-state index >= 15 is 0 Å². The first-order valence-corrected chi connectivity index (χ1v) is 5.82. The van der Waals surface area contributed by atoms with Crippen LogP contribution >= 0.6 is 0 Å². The Hall–Kier alpha value is -2.65. The van der Waals surface area contributed by atoms with Gasteiger partial charge >= 0.3 is 12.0 Å². The van der Waals surface area contributed by atoms with Crippen molar-refractivity contribution in [2.24, 2.45) is 7.05 Å². The molecule has 1 aromatic rings. The number of urea groups is 1. The summed E-state index contributed by atoms with van der Waals surface area (Å²) in [6.07, 6.45) is 2.07. The topological polar surface area (TPSA) is 138 Å². The third-order valence-electron chi connectivity index (χ3n) is 2.29. The van der Waals surface area contributed by atoms with Gasteiger partial charge in [0.2, 0.25) is 5.91 Å². The lowest BCUT2D eigenvalue weighted by molar-refractivity contribution is -0.137. The Morgan fingerprint density at radius 1 is 1.25 bits per heavy atom. The van der Waals surface area contributed by atoms with Crippen LogP contribution in [0.25, 0.3) is 0 Å². The molecule has 0 spiro atoms. The fourth-order valence-corrected chi connectivity index (χ4v) is 1.28. The fraction of sp³-hybridized carbons (Fsp3) is 0.500. The van der Waals surface area contributed by atoms with E-state index in [4.69, 9.17) is 5.11 Å². The quantitative estimate of drug-likeness (QED) is 0.450. The van der Waals surface area contributed by atoms with Gasteiger partial charge in [0.05, 0.1) is 6.54 Å². The van der Waals surface area contributed by atoms with Crippen LogP contribution in [0, 0.1) is 0 Å². The normalized spacial score (nSPS) is 9.85. The van der Waals surface area contributed by atoms with Gasteiger partial charge < -0.3 is 25.6 Å². The number of nitrogens with one attached hydrogen (secondary N) is 3. The molecule has 0 unspecified atom stereocenters. The molecule has 3 amide bonds. The molecular formula is C10H16N6O4. The van der Waals surface area contributed by atoms with E-state index in [2.05, 4.69) is 26.1 Å². The number of aromatic nitrogens is 3. The summed E-state index contributed by atoms with van der Waals surface area (Å²) >= 11 is 0. The zero-order valence-corrected chi connectivity index (χ0v) is 10.9. The van der Waals surface area contributed by atoms with Crippen LogP contribution in [0.3, 0.4) is 0 Å². The maximum atomic E-state index is 11.3. The second kappa shape index (κ2) is 7.71. The number of hydrogen-bond acceptors (Lipinski definition) is 5. The lowest BCUT2D eigenvalue weighted by Gasteiger charge is -2.07. The maximum absolute atomic E-state index is 11.3. The van der Waals surface area contributed by atoms with Gasteiger partial charge in [0, 0.05) is 20.0 Å². The molecule has 0 fully saturated rings. The van der Waals surface area contributed by atoms with Crippen molar-refractivity contribution in [2.75, 3.05) is 19.6 Å². The van der Waals surface area contributed by atoms with Crippen LogP contribution in [0.4, 0.5) is 4.79 Å². The number of aliphatic carboxylic acids is 1. The van der Waals surface area contributed by atoms with E-state index in [0.717, 1.165) is 5.82 Å². The van der Waals surface area contributed by atoms with Crippen molar-refractivity contribution < 1.29 is 19.5 Å². The van der Waals surface area contributed by atoms with Crippen LogP contribution in [0.5, 0.6) is 0 Å². The van der Waals surface area contributed by atoms with E-state index in [-0.39, 0.29) is 6.54 Å². The first kappa shape index (κ1) is 15.4. The SMILES string of the molecule is Cn1cnnc1CCNC(=O)NCC(=O)NCC(=O)O. The van der Waals surface area contributed by atoms with Gasteiger partial charge in [-0.1, -0.05) is 0 Å². The standard InChI is InChI=1S/C10H16N6O4/c1-16-6-14-15-7(16)2-3-11-10(20)13-4-8(17)12-5-9(18)19/h6H,2-5H2,1H3,(H,12,17)(H,18,19)(H2,11,13,20). The van der Waals surface area contributed by atoms with E-state index in [1.165, 1.54) is 0 Å². The maximum Gasteiger partial charge on any atom is 0.322 e. The highest BCUT2D eigenvalue weighted by atomic mass is 16.4. The highest BCUT2D eigenvalue weighted by Gasteiger charge is 2.07. The molecule has 0 atom stereocenters. The van der Waals surface area contributed by atoms with E-state index in [0.29, 0.717) is 13.0 Å². The Labute approximate surface area is 114 Å². The summed E-state index contributed by atoms with van der Waals surface area (Å²) in [5.41, 5.74) is 0. The monoisotopic (exact) mass is 284 g/mol. The lowest BCUT2D eigenvalue weighted by Crippen LogP contribution is -2.43. The number of carbonyl (C=O) groups excluding carboxylic acids is 2. The fourth-order valence-electron chi connectivity index (χ4n) is 1.28. The first-order chi connectivity index (χ1) is 9.49. The van der Waals surface area contributed by atoms with E-state index in [9.17, 15) is 14.4 Å². The van der Waals surface area contributed by atoms with E-state index < -0.39 is 24.5 Å². The molecule has 0 radical (unpaired) electrons. The molecule has 0 aliphatic heterocycles. The third-order valence-corrected chi connectivity index (χ3v) is 2.29. The van der Waals surface area contributed by atoms with Gasteiger partial charge in [-0.15, -0.1) is 10.2 Å². The van der Waals surface area contributed by atoms with Crippen LogP contribution in [0.15, 0.2) is 6.33 Å². The molecule has 0 aliphatic rings.